The molecule has 2 aromatic carbocycles. The molecule has 6 heteroatoms. The van der Waals surface area contributed by atoms with Crippen LogP contribution in [-0.4, -0.2) is 43.5 Å². The van der Waals surface area contributed by atoms with Crippen LogP contribution in [0.3, 0.4) is 0 Å². The van der Waals surface area contributed by atoms with Crippen molar-refractivity contribution in [1.29, 1.82) is 0 Å². The van der Waals surface area contributed by atoms with E-state index in [1.54, 1.807) is 43.5 Å². The largest absolute Gasteiger partial charge is 0.497 e. The fourth-order valence-electron chi connectivity index (χ4n) is 3.32. The molecule has 0 unspecified atom stereocenters. The molecule has 0 spiro atoms. The van der Waals surface area contributed by atoms with E-state index in [9.17, 15) is 9.59 Å². The Hall–Kier alpha value is -3.02. The number of carbonyl (C=O) groups is 2. The summed E-state index contributed by atoms with van der Waals surface area (Å²) in [4.78, 5) is 26.6. The van der Waals surface area contributed by atoms with Crippen molar-refractivity contribution in [3.8, 4) is 5.75 Å². The lowest BCUT2D eigenvalue weighted by Crippen LogP contribution is -2.41. The number of ether oxygens (including phenoxy) is 1. The zero-order chi connectivity index (χ0) is 19.9. The number of hydrogen-bond acceptors (Lipinski definition) is 4. The maximum atomic E-state index is 12.4. The van der Waals surface area contributed by atoms with E-state index in [4.69, 9.17) is 4.74 Å². The van der Waals surface area contributed by atoms with Crippen LogP contribution in [-0.2, 0) is 4.79 Å². The van der Waals surface area contributed by atoms with E-state index in [0.717, 1.165) is 30.9 Å². The molecule has 2 amide bonds. The maximum absolute atomic E-state index is 12.4. The Bertz CT molecular complexity index is 803. The molecule has 1 fully saturated rings. The summed E-state index contributed by atoms with van der Waals surface area (Å²) in [5, 5.41) is 6.00. The minimum atomic E-state index is -0.185. The van der Waals surface area contributed by atoms with E-state index < -0.39 is 0 Å². The van der Waals surface area contributed by atoms with Crippen molar-refractivity contribution in [3.63, 3.8) is 0 Å². The molecule has 6 nitrogen and oxygen atoms in total. The summed E-state index contributed by atoms with van der Waals surface area (Å²) in [5.41, 5.74) is 2.08. The molecule has 0 bridgehead atoms. The highest BCUT2D eigenvalue weighted by Crippen LogP contribution is 2.18. The number of carbonyl (C=O) groups excluding carboxylic acids is 2. The predicted molar refractivity (Wildman–Crippen MR) is 111 cm³/mol. The number of likely N-dealkylation sites (tertiary alicyclic amines) is 1. The standard InChI is InChI=1S/C22H27N3O3/c1-16-4-3-13-25(15-16)21(26)14-23-18-7-5-17(6-8-18)22(27)24-19-9-11-20(28-2)12-10-19/h5-12,16,23H,3-4,13-15H2,1-2H3,(H,24,27)/t16-/m1/s1. The smallest absolute Gasteiger partial charge is 0.255 e. The zero-order valence-electron chi connectivity index (χ0n) is 16.4. The van der Waals surface area contributed by atoms with Crippen molar-refractivity contribution in [2.45, 2.75) is 19.8 Å². The summed E-state index contributed by atoms with van der Waals surface area (Å²) in [6.07, 6.45) is 2.27. The van der Waals surface area contributed by atoms with Gasteiger partial charge in [-0.1, -0.05) is 6.92 Å². The van der Waals surface area contributed by atoms with Crippen molar-refractivity contribution >= 4 is 23.2 Å². The van der Waals surface area contributed by atoms with Gasteiger partial charge in [0.25, 0.3) is 5.91 Å². The van der Waals surface area contributed by atoms with E-state index in [1.807, 2.05) is 17.0 Å². The van der Waals surface area contributed by atoms with Crippen LogP contribution < -0.4 is 15.4 Å². The van der Waals surface area contributed by atoms with Crippen LogP contribution >= 0.6 is 0 Å². The lowest BCUT2D eigenvalue weighted by atomic mass is 10.0. The molecule has 2 N–H and O–H groups in total. The summed E-state index contributed by atoms with van der Waals surface area (Å²) < 4.78 is 5.11. The van der Waals surface area contributed by atoms with Crippen molar-refractivity contribution in [1.82, 2.24) is 4.90 Å². The molecule has 0 aromatic heterocycles. The molecule has 0 radical (unpaired) electrons. The van der Waals surface area contributed by atoms with E-state index in [2.05, 4.69) is 17.6 Å². The third kappa shape index (κ3) is 5.25. The molecule has 2 aromatic rings. The average molecular weight is 381 g/mol. The average Bonchev–Trinajstić information content (AvgIpc) is 2.73. The molecule has 28 heavy (non-hydrogen) atoms. The van der Waals surface area contributed by atoms with Crippen LogP contribution in [0.5, 0.6) is 5.75 Å². The molecule has 1 aliphatic rings. The first-order valence-corrected chi connectivity index (χ1v) is 9.62. The fourth-order valence-corrected chi connectivity index (χ4v) is 3.32. The first-order valence-electron chi connectivity index (χ1n) is 9.62. The normalized spacial score (nSPS) is 16.4. The van der Waals surface area contributed by atoms with Gasteiger partial charge in [-0.25, -0.2) is 0 Å². The summed E-state index contributed by atoms with van der Waals surface area (Å²) in [6.45, 7) is 4.13. The van der Waals surface area contributed by atoms with Crippen molar-refractivity contribution in [2.24, 2.45) is 5.92 Å². The topological polar surface area (TPSA) is 70.7 Å². The fraction of sp³-hybridized carbons (Fsp3) is 0.364. The molecular weight excluding hydrogens is 354 g/mol. The number of amides is 2. The Morgan fingerprint density at radius 3 is 2.39 bits per heavy atom. The molecule has 3 rings (SSSR count). The van der Waals surface area contributed by atoms with E-state index in [-0.39, 0.29) is 18.4 Å². The lowest BCUT2D eigenvalue weighted by molar-refractivity contribution is -0.130. The van der Waals surface area contributed by atoms with Gasteiger partial charge in [0.05, 0.1) is 13.7 Å². The molecule has 1 saturated heterocycles. The first kappa shape index (κ1) is 19.7. The van der Waals surface area contributed by atoms with Gasteiger partial charge in [-0.15, -0.1) is 0 Å². The first-order chi connectivity index (χ1) is 13.5. The van der Waals surface area contributed by atoms with Gasteiger partial charge in [-0.05, 0) is 67.3 Å². The second kappa shape index (κ2) is 9.26. The molecule has 1 aliphatic heterocycles. The van der Waals surface area contributed by atoms with E-state index >= 15 is 0 Å². The van der Waals surface area contributed by atoms with Crippen molar-refractivity contribution in [2.75, 3.05) is 37.4 Å². The SMILES string of the molecule is COc1ccc(NC(=O)c2ccc(NCC(=O)N3CCC[C@@H](C)C3)cc2)cc1. The summed E-state index contributed by atoms with van der Waals surface area (Å²) in [7, 11) is 1.60. The molecule has 1 heterocycles. The monoisotopic (exact) mass is 381 g/mol. The van der Waals surface area contributed by atoms with Gasteiger partial charge in [-0.3, -0.25) is 9.59 Å². The highest BCUT2D eigenvalue weighted by Gasteiger charge is 2.20. The highest BCUT2D eigenvalue weighted by molar-refractivity contribution is 6.04. The van der Waals surface area contributed by atoms with Gasteiger partial charge < -0.3 is 20.3 Å². The molecule has 0 aliphatic carbocycles. The maximum Gasteiger partial charge on any atom is 0.255 e. The quantitative estimate of drug-likeness (QED) is 0.802. The van der Waals surface area contributed by atoms with E-state index in [0.29, 0.717) is 17.2 Å². The van der Waals surface area contributed by atoms with Crippen LogP contribution in [0, 0.1) is 5.92 Å². The second-order valence-electron chi connectivity index (χ2n) is 7.20. The third-order valence-corrected chi connectivity index (χ3v) is 4.95. The van der Waals surface area contributed by atoms with Gasteiger partial charge in [-0.2, -0.15) is 0 Å². The van der Waals surface area contributed by atoms with Crippen LogP contribution in [0.2, 0.25) is 0 Å². The van der Waals surface area contributed by atoms with Crippen LogP contribution in [0.1, 0.15) is 30.1 Å². The summed E-state index contributed by atoms with van der Waals surface area (Å²) in [6, 6.07) is 14.3. The number of nitrogens with zero attached hydrogens (tertiary/aromatic N) is 1. The number of rotatable bonds is 6. The molecule has 0 saturated carbocycles. The Balaban J connectivity index is 1.51. The summed E-state index contributed by atoms with van der Waals surface area (Å²) in [5.74, 6) is 1.24. The Labute approximate surface area is 165 Å². The number of piperidine rings is 1. The Kier molecular flexibility index (Phi) is 6.53. The number of anilines is 2. The minimum Gasteiger partial charge on any atom is -0.497 e. The molecule has 148 valence electrons. The van der Waals surface area contributed by atoms with Gasteiger partial charge in [0.1, 0.15) is 5.75 Å². The van der Waals surface area contributed by atoms with Gasteiger partial charge in [0.2, 0.25) is 5.91 Å². The van der Waals surface area contributed by atoms with Gasteiger partial charge >= 0.3 is 0 Å². The van der Waals surface area contributed by atoms with Crippen LogP contribution in [0.4, 0.5) is 11.4 Å². The minimum absolute atomic E-state index is 0.118. The highest BCUT2D eigenvalue weighted by atomic mass is 16.5. The molecular formula is C22H27N3O3. The number of methoxy groups -OCH3 is 1. The van der Waals surface area contributed by atoms with Crippen LogP contribution in [0.25, 0.3) is 0 Å². The third-order valence-electron chi connectivity index (χ3n) is 4.95. The number of nitrogens with one attached hydrogen (secondary N) is 2. The number of benzene rings is 2. The second-order valence-corrected chi connectivity index (χ2v) is 7.20. The Morgan fingerprint density at radius 2 is 1.75 bits per heavy atom. The van der Waals surface area contributed by atoms with Crippen molar-refractivity contribution < 1.29 is 14.3 Å². The predicted octanol–water partition coefficient (Wildman–Crippen LogP) is 3.62. The van der Waals surface area contributed by atoms with E-state index in [1.165, 1.54) is 6.42 Å². The molecule has 1 atom stereocenters. The zero-order valence-corrected chi connectivity index (χ0v) is 16.4. The van der Waals surface area contributed by atoms with Gasteiger partial charge in [0.15, 0.2) is 0 Å². The van der Waals surface area contributed by atoms with Gasteiger partial charge in [0, 0.05) is 30.0 Å². The van der Waals surface area contributed by atoms with Crippen molar-refractivity contribution in [3.05, 3.63) is 54.1 Å². The Morgan fingerprint density at radius 1 is 1.07 bits per heavy atom. The lowest BCUT2D eigenvalue weighted by Gasteiger charge is -2.31. The van der Waals surface area contributed by atoms with Crippen LogP contribution in [0.15, 0.2) is 48.5 Å². The summed E-state index contributed by atoms with van der Waals surface area (Å²) >= 11 is 0. The number of hydrogen-bond donors (Lipinski definition) is 2.